The number of amides is 2. The van der Waals surface area contributed by atoms with E-state index in [1.807, 2.05) is 30.0 Å². The molecule has 0 spiro atoms. The summed E-state index contributed by atoms with van der Waals surface area (Å²) >= 11 is 1.61. The summed E-state index contributed by atoms with van der Waals surface area (Å²) in [7, 11) is 0. The number of thiazole rings is 1. The highest BCUT2D eigenvalue weighted by atomic mass is 32.1. The Morgan fingerprint density at radius 3 is 2.87 bits per heavy atom. The molecule has 2 aliphatic heterocycles. The van der Waals surface area contributed by atoms with E-state index in [0.29, 0.717) is 26.1 Å². The maximum atomic E-state index is 12.8. The van der Waals surface area contributed by atoms with Crippen LogP contribution in [-0.4, -0.2) is 64.4 Å². The minimum Gasteiger partial charge on any atom is -0.370 e. The monoisotopic (exact) mass is 443 g/mol. The molecular weight excluding hydrogens is 414 g/mol. The number of hydrogen-bond donors (Lipinski definition) is 1. The molecule has 0 aliphatic carbocycles. The smallest absolute Gasteiger partial charge is 0.249 e. The number of hydrogen-bond acceptors (Lipinski definition) is 7. The Morgan fingerprint density at radius 1 is 1.26 bits per heavy atom. The number of aryl methyl sites for hydroxylation is 2. The van der Waals surface area contributed by atoms with Crippen LogP contribution in [-0.2, 0) is 14.3 Å². The molecule has 0 radical (unpaired) electrons. The van der Waals surface area contributed by atoms with E-state index in [-0.39, 0.29) is 24.5 Å². The van der Waals surface area contributed by atoms with Crippen molar-refractivity contribution in [3.63, 3.8) is 0 Å². The zero-order valence-electron chi connectivity index (χ0n) is 18.1. The Kier molecular flexibility index (Phi) is 6.82. The van der Waals surface area contributed by atoms with Crippen LogP contribution in [0.2, 0.25) is 0 Å². The summed E-state index contributed by atoms with van der Waals surface area (Å²) < 4.78 is 5.59. The van der Waals surface area contributed by atoms with E-state index in [2.05, 4.69) is 17.2 Å². The fourth-order valence-electron chi connectivity index (χ4n) is 4.07. The van der Waals surface area contributed by atoms with Crippen LogP contribution in [0.1, 0.15) is 48.0 Å². The van der Waals surface area contributed by atoms with Crippen molar-refractivity contribution in [2.75, 3.05) is 38.2 Å². The lowest BCUT2D eigenvalue weighted by atomic mass is 10.1. The first-order chi connectivity index (χ1) is 15.0. The number of nitrogens with zero attached hydrogens (tertiary/aromatic N) is 4. The van der Waals surface area contributed by atoms with Crippen LogP contribution in [0.5, 0.6) is 0 Å². The molecule has 31 heavy (non-hydrogen) atoms. The molecule has 0 bridgehead atoms. The van der Waals surface area contributed by atoms with Crippen LogP contribution >= 0.6 is 11.3 Å². The molecule has 0 aromatic carbocycles. The number of ether oxygens (including phenoxy) is 1. The van der Waals surface area contributed by atoms with Gasteiger partial charge in [0.15, 0.2) is 5.13 Å². The van der Waals surface area contributed by atoms with Crippen molar-refractivity contribution in [1.82, 2.24) is 19.8 Å². The summed E-state index contributed by atoms with van der Waals surface area (Å²) in [6.07, 6.45) is 3.37. The predicted octanol–water partition coefficient (Wildman–Crippen LogP) is 3.20. The lowest BCUT2D eigenvalue weighted by molar-refractivity contribution is -0.137. The Bertz CT molecular complexity index is 927. The number of aromatic nitrogens is 2. The largest absolute Gasteiger partial charge is 0.370 e. The van der Waals surface area contributed by atoms with Gasteiger partial charge in [-0.2, -0.15) is 0 Å². The van der Waals surface area contributed by atoms with E-state index in [4.69, 9.17) is 9.72 Å². The van der Waals surface area contributed by atoms with Crippen LogP contribution in [0.4, 0.5) is 10.9 Å². The molecule has 0 saturated carbocycles. The molecule has 1 N–H and O–H groups in total. The summed E-state index contributed by atoms with van der Waals surface area (Å²) in [6.45, 7) is 6.53. The van der Waals surface area contributed by atoms with Crippen LogP contribution in [0.3, 0.4) is 0 Å². The molecule has 2 aromatic heterocycles. The molecule has 1 unspecified atom stereocenters. The first kappa shape index (κ1) is 21.7. The van der Waals surface area contributed by atoms with Gasteiger partial charge in [-0.3, -0.25) is 9.59 Å². The molecular formula is C22H29N5O3S. The van der Waals surface area contributed by atoms with Crippen molar-refractivity contribution in [2.45, 2.75) is 45.6 Å². The second-order valence-electron chi connectivity index (χ2n) is 8.02. The summed E-state index contributed by atoms with van der Waals surface area (Å²) in [5, 5.41) is 4.10. The maximum Gasteiger partial charge on any atom is 0.249 e. The second-order valence-corrected chi connectivity index (χ2v) is 9.22. The van der Waals surface area contributed by atoms with Gasteiger partial charge in [0.05, 0.1) is 24.0 Å². The topological polar surface area (TPSA) is 87.7 Å². The first-order valence-corrected chi connectivity index (χ1v) is 11.7. The number of likely N-dealkylation sites (tertiary alicyclic amines) is 2. The third-order valence-corrected chi connectivity index (χ3v) is 6.84. The number of carbonyl (C=O) groups is 2. The summed E-state index contributed by atoms with van der Waals surface area (Å²) in [5.41, 5.74) is 1.90. The normalized spacial score (nSPS) is 18.8. The number of anilines is 2. The zero-order chi connectivity index (χ0) is 21.8. The molecule has 4 rings (SSSR count). The highest BCUT2D eigenvalue weighted by Gasteiger charge is 2.31. The van der Waals surface area contributed by atoms with Gasteiger partial charge in [0.25, 0.3) is 0 Å². The Morgan fingerprint density at radius 2 is 2.13 bits per heavy atom. The van der Waals surface area contributed by atoms with Crippen LogP contribution < -0.4 is 5.32 Å². The minimum atomic E-state index is -0.0437. The van der Waals surface area contributed by atoms with Gasteiger partial charge in [-0.1, -0.05) is 6.07 Å². The van der Waals surface area contributed by atoms with Crippen molar-refractivity contribution < 1.29 is 14.3 Å². The van der Waals surface area contributed by atoms with Gasteiger partial charge in [0.2, 0.25) is 11.8 Å². The number of carbonyl (C=O) groups excluding carboxylic acids is 2. The fourth-order valence-corrected chi connectivity index (χ4v) is 4.89. The SMILES string of the molecule is Cc1nc(Nc2cccc(C3CCCN3C(=O)COCCN3CCCC3=O)n2)sc1C. The zero-order valence-corrected chi connectivity index (χ0v) is 18.9. The average Bonchev–Trinajstić information content (AvgIpc) is 3.47. The van der Waals surface area contributed by atoms with Crippen molar-refractivity contribution in [3.05, 3.63) is 34.5 Å². The van der Waals surface area contributed by atoms with Gasteiger partial charge in [-0.05, 0) is 45.2 Å². The van der Waals surface area contributed by atoms with Gasteiger partial charge >= 0.3 is 0 Å². The number of rotatable bonds is 8. The third kappa shape index (κ3) is 5.22. The Labute approximate surface area is 186 Å². The molecule has 166 valence electrons. The van der Waals surface area contributed by atoms with E-state index in [0.717, 1.165) is 48.1 Å². The Balaban J connectivity index is 1.33. The molecule has 2 amide bonds. The average molecular weight is 444 g/mol. The number of nitrogens with one attached hydrogen (secondary N) is 1. The molecule has 1 atom stereocenters. The van der Waals surface area contributed by atoms with E-state index >= 15 is 0 Å². The third-order valence-electron chi connectivity index (χ3n) is 5.85. The highest BCUT2D eigenvalue weighted by Crippen LogP contribution is 2.32. The van der Waals surface area contributed by atoms with E-state index < -0.39 is 0 Å². The van der Waals surface area contributed by atoms with Crippen molar-refractivity contribution in [2.24, 2.45) is 0 Å². The lowest BCUT2D eigenvalue weighted by Gasteiger charge is -2.25. The van der Waals surface area contributed by atoms with Gasteiger partial charge in [-0.25, -0.2) is 9.97 Å². The van der Waals surface area contributed by atoms with Gasteiger partial charge in [0, 0.05) is 30.9 Å². The molecule has 2 aliphatic rings. The summed E-state index contributed by atoms with van der Waals surface area (Å²) in [5.74, 6) is 0.885. The lowest BCUT2D eigenvalue weighted by Crippen LogP contribution is -2.35. The van der Waals surface area contributed by atoms with Gasteiger partial charge in [0.1, 0.15) is 12.4 Å². The molecule has 4 heterocycles. The molecule has 8 nitrogen and oxygen atoms in total. The van der Waals surface area contributed by atoms with Crippen LogP contribution in [0.15, 0.2) is 18.2 Å². The molecule has 2 fully saturated rings. The van der Waals surface area contributed by atoms with Gasteiger partial charge in [-0.15, -0.1) is 11.3 Å². The van der Waals surface area contributed by atoms with E-state index in [1.165, 1.54) is 4.88 Å². The summed E-state index contributed by atoms with van der Waals surface area (Å²) in [4.78, 5) is 38.5. The van der Waals surface area contributed by atoms with E-state index in [1.54, 1.807) is 16.2 Å². The first-order valence-electron chi connectivity index (χ1n) is 10.8. The fraction of sp³-hybridized carbons (Fsp3) is 0.545. The summed E-state index contributed by atoms with van der Waals surface area (Å²) in [6, 6.07) is 5.81. The van der Waals surface area contributed by atoms with Crippen molar-refractivity contribution >= 4 is 34.1 Å². The second kappa shape index (κ2) is 9.74. The van der Waals surface area contributed by atoms with Gasteiger partial charge < -0.3 is 19.9 Å². The molecule has 2 saturated heterocycles. The molecule has 9 heteroatoms. The van der Waals surface area contributed by atoms with Crippen molar-refractivity contribution in [1.29, 1.82) is 0 Å². The minimum absolute atomic E-state index is 0.0263. The molecule has 2 aromatic rings. The predicted molar refractivity (Wildman–Crippen MR) is 119 cm³/mol. The highest BCUT2D eigenvalue weighted by molar-refractivity contribution is 7.15. The number of pyridine rings is 1. The van der Waals surface area contributed by atoms with Crippen molar-refractivity contribution in [3.8, 4) is 0 Å². The maximum absolute atomic E-state index is 12.8. The standard InChI is InChI=1S/C22H29N5O3S/c1-15-16(2)31-22(23-15)25-19-8-3-6-17(24-19)18-7-4-11-27(18)21(29)14-30-13-12-26-10-5-9-20(26)28/h3,6,8,18H,4-5,7,9-14H2,1-2H3,(H,23,24,25). The Hall–Kier alpha value is -2.52. The quantitative estimate of drug-likeness (QED) is 0.631. The van der Waals surface area contributed by atoms with Crippen LogP contribution in [0.25, 0.3) is 0 Å². The van der Waals surface area contributed by atoms with E-state index in [9.17, 15) is 9.59 Å². The van der Waals surface area contributed by atoms with Crippen LogP contribution in [0, 0.1) is 13.8 Å².